The SMILES string of the molecule is CCCC1O[C@@H]2C[C@H]3[C@@H]4C[C@H](F)C5=CC(=O)C=C[C@]5(C)[C@@]4(F)[C@@H](O)C[C@]3(C)[C@]2(C(=O)CNC(=O)[C@H](CCCNC(N)=O)NC(=O)[C@@H](NC(=O)[C@@H](CCCCNC(=O)COC2CCCCCC(N[C@@H]3O[C@H](CO)[C@H](O)[C@H](O)[C@H]3O)=C2N)NC(=O)CCOCCOCCOCCOCCN2C(=O)C=CC2=O)C(C)C)O1. The number of halogens is 2. The summed E-state index contributed by atoms with van der Waals surface area (Å²) in [4.78, 5) is 135. The molecule has 0 aromatic rings. The molecule has 0 radical (unpaired) electrons. The topological polar surface area (TPSA) is 485 Å². The summed E-state index contributed by atoms with van der Waals surface area (Å²) in [6.07, 6.45) is -3.87. The molecule has 0 aromatic carbocycles. The van der Waals surface area contributed by atoms with E-state index in [1.54, 1.807) is 20.8 Å². The standard InChI is InChI=1S/C73H112F2N10O23/c1-6-13-59-107-54-36-43-44-35-46(74)45-34-42(87)20-22-70(45,4)72(44,75)52(88)37-71(43,5)73(54,108-59)53(89)38-80-65(97)48(16-12-24-79-69(77)100)82-67(99)61(41(2)3)84-66(98)49(81-55(90)21-26-101-28-30-103-32-33-104-31-29-102-27-25-85-57(92)18-19-58(85)93)15-10-11-23-78-56(91)40-105-50-17-9-7-8-14-47(60(50)76)83-68-64(96)63(95)62(94)51(39-86)106-68/h18-20,22,34,41,43-44,46,48-52,54,59,61-64,68,83,86,88,94-96H,6-17,21,23-33,35-40,76H2,1-5H3,(H,78,91)(H,80,97)(H,81,90)(H,82,99)(H,84,98)(H3,77,79,100)/t43-,44-,46-,48-,49+,50?,51+,52-,54+,59?,61-,62-,63-,64+,68+,70-,71-,72-,73+/m0/s1. The molecule has 3 saturated carbocycles. The zero-order chi connectivity index (χ0) is 78.7. The van der Waals surface area contributed by atoms with Gasteiger partial charge in [-0.2, -0.15) is 0 Å². The highest BCUT2D eigenvalue weighted by Crippen LogP contribution is 2.72. The molecule has 2 saturated heterocycles. The Bertz CT molecular complexity index is 3280. The van der Waals surface area contributed by atoms with Crippen molar-refractivity contribution in [2.75, 3.05) is 92.2 Å². The van der Waals surface area contributed by atoms with Gasteiger partial charge in [-0.25, -0.2) is 13.6 Å². The van der Waals surface area contributed by atoms with Gasteiger partial charge < -0.3 is 112 Å². The van der Waals surface area contributed by atoms with E-state index in [9.17, 15) is 68.7 Å². The number of aliphatic hydroxyl groups excluding tert-OH is 5. The molecule has 5 fully saturated rings. The number of aliphatic hydroxyl groups is 5. The lowest BCUT2D eigenvalue weighted by molar-refractivity contribution is -0.234. The maximum atomic E-state index is 18.2. The van der Waals surface area contributed by atoms with Crippen LogP contribution < -0.4 is 48.7 Å². The van der Waals surface area contributed by atoms with Crippen molar-refractivity contribution in [3.05, 3.63) is 47.3 Å². The second kappa shape index (κ2) is 39.8. The first-order valence-electron chi connectivity index (χ1n) is 37.8. The van der Waals surface area contributed by atoms with Crippen LogP contribution in [-0.2, 0) is 81.0 Å². The molecule has 108 heavy (non-hydrogen) atoms. The van der Waals surface area contributed by atoms with Crippen LogP contribution in [0.2, 0.25) is 0 Å². The molecule has 19 atom stereocenters. The van der Waals surface area contributed by atoms with Crippen LogP contribution in [0, 0.1) is 28.6 Å². The van der Waals surface area contributed by atoms with Crippen LogP contribution in [0.15, 0.2) is 47.3 Å². The Morgan fingerprint density at radius 3 is 2.06 bits per heavy atom. The number of alkyl halides is 2. The summed E-state index contributed by atoms with van der Waals surface area (Å²) in [7, 11) is 0. The molecular formula is C73H112F2N10O23. The van der Waals surface area contributed by atoms with Crippen molar-refractivity contribution in [1.82, 2.24) is 42.1 Å². The lowest BCUT2D eigenvalue weighted by atomic mass is 9.44. The number of nitrogens with one attached hydrogen (secondary N) is 7. The smallest absolute Gasteiger partial charge is 0.312 e. The van der Waals surface area contributed by atoms with Gasteiger partial charge in [0.05, 0.1) is 96.6 Å². The van der Waals surface area contributed by atoms with Gasteiger partial charge in [0.15, 0.2) is 35.4 Å². The second-order valence-electron chi connectivity index (χ2n) is 29.7. The fourth-order valence-corrected chi connectivity index (χ4v) is 16.4. The van der Waals surface area contributed by atoms with Crippen LogP contribution in [0.4, 0.5) is 13.6 Å². The number of urea groups is 1. The van der Waals surface area contributed by atoms with Crippen LogP contribution in [0.25, 0.3) is 0 Å². The average Bonchev–Trinajstić information content (AvgIpc) is 1.42. The quantitative estimate of drug-likeness (QED) is 0.0258. The molecule has 0 spiro atoms. The molecule has 16 N–H and O–H groups in total. The summed E-state index contributed by atoms with van der Waals surface area (Å²) in [6, 6.07) is -4.92. The molecule has 5 aliphatic carbocycles. The van der Waals surface area contributed by atoms with Gasteiger partial charge in [-0.05, 0) is 114 Å². The number of imide groups is 1. The van der Waals surface area contributed by atoms with Crippen LogP contribution in [0.3, 0.4) is 0 Å². The molecule has 33 nitrogen and oxygen atoms in total. The number of allylic oxidation sites excluding steroid dienone is 5. The van der Waals surface area contributed by atoms with E-state index < -0.39 is 205 Å². The van der Waals surface area contributed by atoms with Crippen molar-refractivity contribution < 1.29 is 120 Å². The highest BCUT2D eigenvalue weighted by Gasteiger charge is 2.80. The fraction of sp³-hybridized carbons (Fsp3) is 0.753. The number of ether oxygens (including phenoxy) is 8. The summed E-state index contributed by atoms with van der Waals surface area (Å²) >= 11 is 0. The first-order chi connectivity index (χ1) is 51.4. The third-order valence-corrected chi connectivity index (χ3v) is 22.2. The lowest BCUT2D eigenvalue weighted by Gasteiger charge is -2.63. The van der Waals surface area contributed by atoms with Crippen molar-refractivity contribution in [3.8, 4) is 0 Å². The van der Waals surface area contributed by atoms with Gasteiger partial charge in [-0.15, -0.1) is 0 Å². The number of hydrogen-bond acceptors (Lipinski definition) is 25. The van der Waals surface area contributed by atoms with Crippen LogP contribution in [-0.4, -0.2) is 272 Å². The Kier molecular flexibility index (Phi) is 31.9. The van der Waals surface area contributed by atoms with Crippen molar-refractivity contribution in [2.24, 2.45) is 40.1 Å². The van der Waals surface area contributed by atoms with E-state index in [1.165, 1.54) is 31.2 Å². The summed E-state index contributed by atoms with van der Waals surface area (Å²) in [5, 5.41) is 72.3. The average molecular weight is 1540 g/mol. The summed E-state index contributed by atoms with van der Waals surface area (Å²) in [5.41, 5.74) is 5.10. The van der Waals surface area contributed by atoms with Gasteiger partial charge in [-0.3, -0.25) is 48.1 Å². The molecule has 606 valence electrons. The number of carbonyl (C=O) groups excluding carboxylic acids is 10. The van der Waals surface area contributed by atoms with Crippen LogP contribution in [0.5, 0.6) is 0 Å². The first kappa shape index (κ1) is 86.6. The summed E-state index contributed by atoms with van der Waals surface area (Å²) in [5.74, 6) is -8.20. The second-order valence-corrected chi connectivity index (χ2v) is 29.7. The Hall–Kier alpha value is -7.00. The fourth-order valence-electron chi connectivity index (χ4n) is 16.4. The van der Waals surface area contributed by atoms with Crippen LogP contribution in [0.1, 0.15) is 137 Å². The normalized spacial score (nSPS) is 31.6. The Balaban J connectivity index is 0.883. The van der Waals surface area contributed by atoms with Gasteiger partial charge in [0.2, 0.25) is 29.5 Å². The maximum Gasteiger partial charge on any atom is 0.312 e. The van der Waals surface area contributed by atoms with E-state index >= 15 is 13.6 Å². The number of rotatable bonds is 42. The van der Waals surface area contributed by atoms with Crippen molar-refractivity contribution >= 4 is 58.9 Å². The van der Waals surface area contributed by atoms with Gasteiger partial charge >= 0.3 is 6.03 Å². The van der Waals surface area contributed by atoms with Crippen LogP contribution >= 0.6 is 0 Å². The number of ketones is 2. The number of nitrogens with zero attached hydrogens (tertiary/aromatic N) is 1. The molecule has 0 aromatic heterocycles. The number of primary amides is 1. The number of fused-ring (bicyclic) bond motifs is 7. The minimum Gasteiger partial charge on any atom is -0.399 e. The third kappa shape index (κ3) is 20.6. The first-order valence-corrected chi connectivity index (χ1v) is 37.8. The Morgan fingerprint density at radius 1 is 0.741 bits per heavy atom. The van der Waals surface area contributed by atoms with E-state index in [4.69, 9.17) is 49.4 Å². The van der Waals surface area contributed by atoms with E-state index in [-0.39, 0.29) is 135 Å². The van der Waals surface area contributed by atoms with E-state index in [2.05, 4.69) is 37.2 Å². The highest BCUT2D eigenvalue weighted by molar-refractivity contribution is 6.13. The van der Waals surface area contributed by atoms with E-state index in [0.29, 0.717) is 44.2 Å². The predicted molar refractivity (Wildman–Crippen MR) is 378 cm³/mol. The van der Waals surface area contributed by atoms with Gasteiger partial charge in [-0.1, -0.05) is 53.0 Å². The van der Waals surface area contributed by atoms with Gasteiger partial charge in [0.1, 0.15) is 55.3 Å². The molecule has 3 aliphatic heterocycles. The number of hydrogen-bond donors (Lipinski definition) is 14. The molecule has 8 rings (SSSR count). The number of Topliss-reactive ketones (excluding diaryl/α,β-unsaturated/α-hetero) is 1. The lowest BCUT2D eigenvalue weighted by Crippen LogP contribution is -2.71. The molecule has 9 amide bonds. The molecule has 3 heterocycles. The molecular weight excluding hydrogens is 1420 g/mol. The highest BCUT2D eigenvalue weighted by atomic mass is 19.1. The van der Waals surface area contributed by atoms with E-state index in [0.717, 1.165) is 17.4 Å². The number of unbranched alkanes of at least 4 members (excludes halogenated alkanes) is 1. The summed E-state index contributed by atoms with van der Waals surface area (Å²) in [6.45, 7) is 7.96. The van der Waals surface area contributed by atoms with Crippen molar-refractivity contribution in [2.45, 2.75) is 228 Å². The predicted octanol–water partition coefficient (Wildman–Crippen LogP) is -0.983. The van der Waals surface area contributed by atoms with Crippen molar-refractivity contribution in [3.63, 3.8) is 0 Å². The number of amides is 9. The molecule has 35 heteroatoms. The summed E-state index contributed by atoms with van der Waals surface area (Å²) < 4.78 is 81.6. The third-order valence-electron chi connectivity index (χ3n) is 22.2. The van der Waals surface area contributed by atoms with Gasteiger partial charge in [0.25, 0.3) is 11.8 Å². The van der Waals surface area contributed by atoms with E-state index in [1.807, 2.05) is 6.92 Å². The monoisotopic (exact) mass is 1530 g/mol. The number of carbonyl (C=O) groups is 10. The largest absolute Gasteiger partial charge is 0.399 e. The molecule has 0 bridgehead atoms. The van der Waals surface area contributed by atoms with Crippen molar-refractivity contribution in [1.29, 1.82) is 0 Å². The zero-order valence-corrected chi connectivity index (χ0v) is 62.3. The zero-order valence-electron chi connectivity index (χ0n) is 62.3. The minimum absolute atomic E-state index is 0.00492. The Labute approximate surface area is 626 Å². The molecule has 2 unspecified atom stereocenters. The Morgan fingerprint density at radius 2 is 1.40 bits per heavy atom. The maximum absolute atomic E-state index is 18.2. The van der Waals surface area contributed by atoms with Gasteiger partial charge in [0, 0.05) is 54.1 Å². The number of nitrogens with two attached hydrogens (primary N) is 2. The molecule has 8 aliphatic rings. The minimum atomic E-state index is -2.47.